The van der Waals surface area contributed by atoms with Crippen molar-refractivity contribution in [2.45, 2.75) is 60.0 Å². The topological polar surface area (TPSA) is 91.6 Å². The molecule has 1 unspecified atom stereocenters. The van der Waals surface area contributed by atoms with Crippen molar-refractivity contribution in [1.29, 1.82) is 0 Å². The molecular formula is C18H30N2O4. The second-order valence-electron chi connectivity index (χ2n) is 7.49. The number of carbonyl (C=O) groups excluding carboxylic acids is 2. The number of aryl methyl sites for hydroxylation is 2. The van der Waals surface area contributed by atoms with E-state index in [-0.39, 0.29) is 18.4 Å². The Labute approximate surface area is 144 Å². The number of carbonyl (C=O) groups is 2. The molecule has 0 aliphatic rings. The summed E-state index contributed by atoms with van der Waals surface area (Å²) in [5, 5.41) is 16.1. The van der Waals surface area contributed by atoms with Gasteiger partial charge in [-0.2, -0.15) is 0 Å². The molecule has 1 heterocycles. The smallest absolute Gasteiger partial charge is 0.225 e. The summed E-state index contributed by atoms with van der Waals surface area (Å²) in [7, 11) is 0. The molecule has 3 N–H and O–H groups in total. The molecule has 1 rings (SSSR count). The summed E-state index contributed by atoms with van der Waals surface area (Å²) in [6.45, 7) is 11.4. The van der Waals surface area contributed by atoms with Crippen LogP contribution in [-0.2, 0) is 15.2 Å². The van der Waals surface area contributed by atoms with Crippen molar-refractivity contribution >= 4 is 11.8 Å². The molecule has 6 nitrogen and oxygen atoms in total. The molecule has 0 fully saturated rings. The Morgan fingerprint density at radius 2 is 1.79 bits per heavy atom. The van der Waals surface area contributed by atoms with Gasteiger partial charge in [0.2, 0.25) is 11.8 Å². The molecule has 1 aromatic rings. The summed E-state index contributed by atoms with van der Waals surface area (Å²) in [5.74, 6) is 1.19. The van der Waals surface area contributed by atoms with Crippen LogP contribution in [-0.4, -0.2) is 30.0 Å². The van der Waals surface area contributed by atoms with Crippen LogP contribution in [0.4, 0.5) is 0 Å². The molecule has 2 amide bonds. The lowest BCUT2D eigenvalue weighted by Crippen LogP contribution is -2.39. The zero-order valence-electron chi connectivity index (χ0n) is 15.6. The van der Waals surface area contributed by atoms with E-state index in [1.54, 1.807) is 19.9 Å². The van der Waals surface area contributed by atoms with Gasteiger partial charge in [-0.05, 0) is 33.3 Å². The normalized spacial score (nSPS) is 14.1. The van der Waals surface area contributed by atoms with Gasteiger partial charge in [-0.3, -0.25) is 9.59 Å². The van der Waals surface area contributed by atoms with Crippen molar-refractivity contribution in [3.8, 4) is 0 Å². The predicted octanol–water partition coefficient (Wildman–Crippen LogP) is 2.16. The highest BCUT2D eigenvalue weighted by Crippen LogP contribution is 2.26. The number of rotatable bonds is 7. The highest BCUT2D eigenvalue weighted by Gasteiger charge is 2.28. The Morgan fingerprint density at radius 3 is 2.29 bits per heavy atom. The van der Waals surface area contributed by atoms with E-state index >= 15 is 0 Å². The van der Waals surface area contributed by atoms with E-state index < -0.39 is 11.0 Å². The molecule has 6 heteroatoms. The standard InChI is InChI=1S/C18H30N2O4/c1-12-10-14(13(2)24-12)18(6,23)11-20-15(21)8-7-9-19-16(22)17(3,4)5/h10,23H,7-9,11H2,1-6H3,(H,19,22)(H,20,21). The Hall–Kier alpha value is -1.82. The van der Waals surface area contributed by atoms with Crippen LogP contribution in [0.15, 0.2) is 10.5 Å². The monoisotopic (exact) mass is 338 g/mol. The Morgan fingerprint density at radius 1 is 1.17 bits per heavy atom. The fraction of sp³-hybridized carbons (Fsp3) is 0.667. The fourth-order valence-electron chi connectivity index (χ4n) is 2.34. The van der Waals surface area contributed by atoms with Gasteiger partial charge >= 0.3 is 0 Å². The zero-order chi connectivity index (χ0) is 18.5. The quantitative estimate of drug-likeness (QED) is 0.664. The average Bonchev–Trinajstić information content (AvgIpc) is 2.80. The largest absolute Gasteiger partial charge is 0.466 e. The summed E-state index contributed by atoms with van der Waals surface area (Å²) in [6.07, 6.45) is 0.851. The Balaban J connectivity index is 2.36. The molecule has 1 aromatic heterocycles. The summed E-state index contributed by atoms with van der Waals surface area (Å²) < 4.78 is 5.42. The van der Waals surface area contributed by atoms with E-state index in [0.717, 1.165) is 5.76 Å². The molecule has 0 saturated heterocycles. The van der Waals surface area contributed by atoms with E-state index in [1.807, 2.05) is 27.7 Å². The Bertz CT molecular complexity index is 582. The van der Waals surface area contributed by atoms with E-state index in [0.29, 0.717) is 30.7 Å². The Kier molecular flexibility index (Phi) is 6.60. The summed E-state index contributed by atoms with van der Waals surface area (Å²) in [4.78, 5) is 23.6. The molecule has 1 atom stereocenters. The van der Waals surface area contributed by atoms with Crippen molar-refractivity contribution in [2.75, 3.05) is 13.1 Å². The first-order valence-corrected chi connectivity index (χ1v) is 8.28. The van der Waals surface area contributed by atoms with Crippen molar-refractivity contribution < 1.29 is 19.1 Å². The van der Waals surface area contributed by atoms with Crippen molar-refractivity contribution in [3.05, 3.63) is 23.2 Å². The molecule has 0 aromatic carbocycles. The first kappa shape index (κ1) is 20.2. The van der Waals surface area contributed by atoms with Crippen LogP contribution in [0.2, 0.25) is 0 Å². The van der Waals surface area contributed by atoms with E-state index in [4.69, 9.17) is 4.42 Å². The van der Waals surface area contributed by atoms with Gasteiger partial charge in [0.25, 0.3) is 0 Å². The minimum Gasteiger partial charge on any atom is -0.466 e. The second-order valence-corrected chi connectivity index (χ2v) is 7.49. The zero-order valence-corrected chi connectivity index (χ0v) is 15.6. The molecule has 0 saturated carbocycles. The molecular weight excluding hydrogens is 308 g/mol. The van der Waals surface area contributed by atoms with Gasteiger partial charge in [0.15, 0.2) is 0 Å². The lowest BCUT2D eigenvalue weighted by atomic mass is 9.95. The second kappa shape index (κ2) is 7.83. The summed E-state index contributed by atoms with van der Waals surface area (Å²) >= 11 is 0. The van der Waals surface area contributed by atoms with E-state index in [9.17, 15) is 14.7 Å². The van der Waals surface area contributed by atoms with Crippen LogP contribution in [0, 0.1) is 19.3 Å². The van der Waals surface area contributed by atoms with Gasteiger partial charge < -0.3 is 20.2 Å². The molecule has 0 bridgehead atoms. The van der Waals surface area contributed by atoms with Crippen LogP contribution in [0.5, 0.6) is 0 Å². The number of nitrogens with one attached hydrogen (secondary N) is 2. The molecule has 136 valence electrons. The number of furan rings is 1. The third-order valence-electron chi connectivity index (χ3n) is 3.80. The fourth-order valence-corrected chi connectivity index (χ4v) is 2.34. The van der Waals surface area contributed by atoms with Crippen molar-refractivity contribution in [3.63, 3.8) is 0 Å². The van der Waals surface area contributed by atoms with Crippen LogP contribution in [0.1, 0.15) is 57.6 Å². The number of hydrogen-bond acceptors (Lipinski definition) is 4. The number of aliphatic hydroxyl groups is 1. The highest BCUT2D eigenvalue weighted by atomic mass is 16.3. The highest BCUT2D eigenvalue weighted by molar-refractivity contribution is 5.81. The van der Waals surface area contributed by atoms with Gasteiger partial charge in [0.1, 0.15) is 17.1 Å². The molecule has 0 spiro atoms. The maximum Gasteiger partial charge on any atom is 0.225 e. The molecule has 0 radical (unpaired) electrons. The maximum absolute atomic E-state index is 11.9. The first-order chi connectivity index (χ1) is 10.9. The summed E-state index contributed by atoms with van der Waals surface area (Å²) in [6, 6.07) is 1.78. The first-order valence-electron chi connectivity index (χ1n) is 8.28. The third-order valence-corrected chi connectivity index (χ3v) is 3.80. The molecule has 0 aliphatic heterocycles. The maximum atomic E-state index is 11.9. The predicted molar refractivity (Wildman–Crippen MR) is 92.5 cm³/mol. The van der Waals surface area contributed by atoms with E-state index in [1.165, 1.54) is 0 Å². The average molecular weight is 338 g/mol. The molecule has 24 heavy (non-hydrogen) atoms. The van der Waals surface area contributed by atoms with Crippen LogP contribution < -0.4 is 10.6 Å². The van der Waals surface area contributed by atoms with Gasteiger partial charge in [-0.15, -0.1) is 0 Å². The van der Waals surface area contributed by atoms with Crippen LogP contribution >= 0.6 is 0 Å². The van der Waals surface area contributed by atoms with Crippen LogP contribution in [0.3, 0.4) is 0 Å². The van der Waals surface area contributed by atoms with Gasteiger partial charge in [-0.1, -0.05) is 20.8 Å². The molecule has 0 aliphatic carbocycles. The SMILES string of the molecule is Cc1cc(C(C)(O)CNC(=O)CCCNC(=O)C(C)(C)C)c(C)o1. The van der Waals surface area contributed by atoms with Crippen LogP contribution in [0.25, 0.3) is 0 Å². The van der Waals surface area contributed by atoms with Crippen molar-refractivity contribution in [1.82, 2.24) is 10.6 Å². The third kappa shape index (κ3) is 6.00. The summed E-state index contributed by atoms with van der Waals surface area (Å²) in [5.41, 5.74) is -0.933. The number of hydrogen-bond donors (Lipinski definition) is 3. The van der Waals surface area contributed by atoms with Gasteiger partial charge in [0.05, 0.1) is 6.54 Å². The van der Waals surface area contributed by atoms with E-state index in [2.05, 4.69) is 10.6 Å². The van der Waals surface area contributed by atoms with Gasteiger partial charge in [0, 0.05) is 23.9 Å². The van der Waals surface area contributed by atoms with Crippen molar-refractivity contribution in [2.24, 2.45) is 5.41 Å². The minimum atomic E-state index is -1.18. The number of amides is 2. The minimum absolute atomic E-state index is 0.0309. The van der Waals surface area contributed by atoms with Gasteiger partial charge in [-0.25, -0.2) is 0 Å². The lowest BCUT2D eigenvalue weighted by molar-refractivity contribution is -0.128. The lowest BCUT2D eigenvalue weighted by Gasteiger charge is -2.23.